The van der Waals surface area contributed by atoms with Gasteiger partial charge < -0.3 is 5.32 Å². The second kappa shape index (κ2) is 3.32. The van der Waals surface area contributed by atoms with Gasteiger partial charge in [0.2, 0.25) is 0 Å². The molecule has 1 aromatic heterocycles. The molecule has 1 heterocycles. The molecule has 60 valence electrons. The van der Waals surface area contributed by atoms with E-state index in [2.05, 4.69) is 14.9 Å². The molecule has 0 aliphatic rings. The van der Waals surface area contributed by atoms with Gasteiger partial charge in [0.25, 0.3) is 0 Å². The average molecular weight is 177 g/mol. The summed E-state index contributed by atoms with van der Waals surface area (Å²) in [6.07, 6.45) is 0. The maximum atomic E-state index is 3.87. The van der Waals surface area contributed by atoms with Crippen molar-refractivity contribution >= 4 is 23.0 Å². The third-order valence-electron chi connectivity index (χ3n) is 1.41. The van der Waals surface area contributed by atoms with Crippen molar-refractivity contribution < 1.29 is 0 Å². The van der Waals surface area contributed by atoms with Crippen LogP contribution in [0, 0.1) is 0 Å². The minimum atomic E-state index is 0.797. The van der Waals surface area contributed by atoms with Gasteiger partial charge in [0.1, 0.15) is 0 Å². The summed E-state index contributed by atoms with van der Waals surface area (Å²) < 4.78 is 3.75. The largest absolute Gasteiger partial charge is 0.338 e. The first-order valence-corrected chi connectivity index (χ1v) is 4.38. The second-order valence-corrected chi connectivity index (χ2v) is 2.89. The SMILES string of the molecule is c1ccc(Nc2csnn2)cc1. The summed E-state index contributed by atoms with van der Waals surface area (Å²) in [7, 11) is 0. The molecular formula is C8H7N3S. The summed E-state index contributed by atoms with van der Waals surface area (Å²) in [4.78, 5) is 0. The Morgan fingerprint density at radius 1 is 1.17 bits per heavy atom. The van der Waals surface area contributed by atoms with Crippen LogP contribution in [0.1, 0.15) is 0 Å². The Morgan fingerprint density at radius 2 is 2.00 bits per heavy atom. The molecule has 0 aliphatic carbocycles. The molecule has 0 atom stereocenters. The van der Waals surface area contributed by atoms with Crippen LogP contribution in [0.5, 0.6) is 0 Å². The molecule has 3 nitrogen and oxygen atoms in total. The first-order chi connectivity index (χ1) is 5.95. The summed E-state index contributed by atoms with van der Waals surface area (Å²) in [5.41, 5.74) is 1.03. The molecule has 0 aliphatic heterocycles. The molecule has 12 heavy (non-hydrogen) atoms. The summed E-state index contributed by atoms with van der Waals surface area (Å²) in [6, 6.07) is 9.90. The summed E-state index contributed by atoms with van der Waals surface area (Å²) >= 11 is 1.34. The van der Waals surface area contributed by atoms with Crippen LogP contribution in [0.15, 0.2) is 35.7 Å². The zero-order chi connectivity index (χ0) is 8.23. The van der Waals surface area contributed by atoms with E-state index in [0.717, 1.165) is 11.5 Å². The van der Waals surface area contributed by atoms with Crippen molar-refractivity contribution in [1.29, 1.82) is 0 Å². The second-order valence-electron chi connectivity index (χ2n) is 2.28. The van der Waals surface area contributed by atoms with E-state index in [1.165, 1.54) is 11.5 Å². The van der Waals surface area contributed by atoms with Crippen molar-refractivity contribution in [3.05, 3.63) is 35.7 Å². The predicted molar refractivity (Wildman–Crippen MR) is 49.6 cm³/mol. The number of aromatic nitrogens is 2. The van der Waals surface area contributed by atoms with E-state index in [9.17, 15) is 0 Å². The first kappa shape index (κ1) is 7.24. The number of nitrogens with zero attached hydrogens (tertiary/aromatic N) is 2. The zero-order valence-corrected chi connectivity index (χ0v) is 7.08. The molecule has 2 aromatic rings. The number of nitrogens with one attached hydrogen (secondary N) is 1. The van der Waals surface area contributed by atoms with Crippen LogP contribution >= 0.6 is 11.5 Å². The highest BCUT2D eigenvalue weighted by atomic mass is 32.1. The van der Waals surface area contributed by atoms with Crippen LogP contribution < -0.4 is 5.32 Å². The molecule has 4 heteroatoms. The lowest BCUT2D eigenvalue weighted by Crippen LogP contribution is -1.88. The third-order valence-corrected chi connectivity index (χ3v) is 1.91. The van der Waals surface area contributed by atoms with Crippen molar-refractivity contribution in [2.75, 3.05) is 5.32 Å². The molecule has 0 amide bonds. The van der Waals surface area contributed by atoms with Crippen LogP contribution in [0.2, 0.25) is 0 Å². The van der Waals surface area contributed by atoms with Crippen LogP contribution in [-0.4, -0.2) is 9.59 Å². The minimum Gasteiger partial charge on any atom is -0.338 e. The van der Waals surface area contributed by atoms with Gasteiger partial charge in [-0.3, -0.25) is 0 Å². The normalized spacial score (nSPS) is 9.67. The molecule has 0 bridgehead atoms. The van der Waals surface area contributed by atoms with Crippen LogP contribution in [0.25, 0.3) is 0 Å². The van der Waals surface area contributed by atoms with Crippen molar-refractivity contribution in [3.8, 4) is 0 Å². The summed E-state index contributed by atoms with van der Waals surface area (Å²) in [5.74, 6) is 0.797. The van der Waals surface area contributed by atoms with Crippen LogP contribution in [0.3, 0.4) is 0 Å². The molecule has 0 fully saturated rings. The van der Waals surface area contributed by atoms with E-state index in [1.54, 1.807) is 0 Å². The molecule has 0 saturated heterocycles. The van der Waals surface area contributed by atoms with Gasteiger partial charge in [-0.2, -0.15) is 0 Å². The number of hydrogen-bond donors (Lipinski definition) is 1. The molecule has 1 N–H and O–H groups in total. The first-order valence-electron chi connectivity index (χ1n) is 3.54. The number of para-hydroxylation sites is 1. The lowest BCUT2D eigenvalue weighted by Gasteiger charge is -1.99. The fraction of sp³-hybridized carbons (Fsp3) is 0. The van der Waals surface area contributed by atoms with E-state index >= 15 is 0 Å². The highest BCUT2D eigenvalue weighted by Gasteiger charge is 1.94. The van der Waals surface area contributed by atoms with Crippen LogP contribution in [0.4, 0.5) is 11.5 Å². The monoisotopic (exact) mass is 177 g/mol. The Hall–Kier alpha value is -1.42. The zero-order valence-electron chi connectivity index (χ0n) is 6.27. The van der Waals surface area contributed by atoms with E-state index in [-0.39, 0.29) is 0 Å². The molecular weight excluding hydrogens is 170 g/mol. The predicted octanol–water partition coefficient (Wildman–Crippen LogP) is 2.28. The quantitative estimate of drug-likeness (QED) is 0.764. The average Bonchev–Trinajstić information content (AvgIpc) is 2.59. The Morgan fingerprint density at radius 3 is 2.67 bits per heavy atom. The molecule has 1 aromatic carbocycles. The summed E-state index contributed by atoms with van der Waals surface area (Å²) in [5, 5.41) is 8.86. The minimum absolute atomic E-state index is 0.797. The number of benzene rings is 1. The Balaban J connectivity index is 2.15. The Kier molecular flexibility index (Phi) is 2.00. The molecule has 0 spiro atoms. The van der Waals surface area contributed by atoms with E-state index in [1.807, 2.05) is 35.7 Å². The Labute approximate surface area is 74.2 Å². The third kappa shape index (κ3) is 1.60. The standard InChI is InChI=1S/C8H7N3S/c1-2-4-7(5-3-1)9-8-6-12-11-10-8/h1-6,9H. The van der Waals surface area contributed by atoms with E-state index in [0.29, 0.717) is 0 Å². The van der Waals surface area contributed by atoms with Gasteiger partial charge in [-0.15, -0.1) is 5.10 Å². The number of anilines is 2. The number of hydrogen-bond acceptors (Lipinski definition) is 4. The lowest BCUT2D eigenvalue weighted by molar-refractivity contribution is 1.16. The molecule has 0 saturated carbocycles. The maximum Gasteiger partial charge on any atom is 0.165 e. The van der Waals surface area contributed by atoms with Gasteiger partial charge in [0.05, 0.1) is 5.38 Å². The smallest absolute Gasteiger partial charge is 0.165 e. The van der Waals surface area contributed by atoms with Gasteiger partial charge >= 0.3 is 0 Å². The van der Waals surface area contributed by atoms with Gasteiger partial charge in [-0.1, -0.05) is 22.7 Å². The van der Waals surface area contributed by atoms with Gasteiger partial charge in [-0.05, 0) is 23.7 Å². The maximum absolute atomic E-state index is 3.87. The Bertz CT molecular complexity index is 330. The van der Waals surface area contributed by atoms with E-state index < -0.39 is 0 Å². The highest BCUT2D eigenvalue weighted by molar-refractivity contribution is 7.03. The number of rotatable bonds is 2. The lowest BCUT2D eigenvalue weighted by atomic mass is 10.3. The summed E-state index contributed by atoms with van der Waals surface area (Å²) in [6.45, 7) is 0. The topological polar surface area (TPSA) is 37.8 Å². The molecule has 0 radical (unpaired) electrons. The van der Waals surface area contributed by atoms with Crippen molar-refractivity contribution in [2.45, 2.75) is 0 Å². The highest BCUT2D eigenvalue weighted by Crippen LogP contribution is 2.13. The molecule has 2 rings (SSSR count). The van der Waals surface area contributed by atoms with Crippen LogP contribution in [-0.2, 0) is 0 Å². The van der Waals surface area contributed by atoms with E-state index in [4.69, 9.17) is 0 Å². The van der Waals surface area contributed by atoms with Crippen molar-refractivity contribution in [2.24, 2.45) is 0 Å². The fourth-order valence-electron chi connectivity index (χ4n) is 0.888. The molecule has 0 unspecified atom stereocenters. The fourth-order valence-corrected chi connectivity index (χ4v) is 1.28. The van der Waals surface area contributed by atoms with Crippen molar-refractivity contribution in [1.82, 2.24) is 9.59 Å². The van der Waals surface area contributed by atoms with Crippen molar-refractivity contribution in [3.63, 3.8) is 0 Å². The van der Waals surface area contributed by atoms with Gasteiger partial charge in [0, 0.05) is 5.69 Å². The van der Waals surface area contributed by atoms with Gasteiger partial charge in [0.15, 0.2) is 5.82 Å². The van der Waals surface area contributed by atoms with Gasteiger partial charge in [-0.25, -0.2) is 0 Å².